The topological polar surface area (TPSA) is 41.5 Å². The summed E-state index contributed by atoms with van der Waals surface area (Å²) in [4.78, 5) is 12.4. The van der Waals surface area contributed by atoms with Gasteiger partial charge in [-0.15, -0.1) is 0 Å². The van der Waals surface area contributed by atoms with Gasteiger partial charge in [-0.25, -0.2) is 0 Å². The van der Waals surface area contributed by atoms with Crippen molar-refractivity contribution in [2.45, 2.75) is 32.7 Å². The highest BCUT2D eigenvalue weighted by Gasteiger charge is 2.46. The van der Waals surface area contributed by atoms with E-state index < -0.39 is 0 Å². The summed E-state index contributed by atoms with van der Waals surface area (Å²) in [6.45, 7) is 4.32. The van der Waals surface area contributed by atoms with Crippen LogP contribution < -0.4 is 5.43 Å². The first-order valence-corrected chi connectivity index (χ1v) is 7.66. The number of nitrogens with zero attached hydrogens (tertiary/aromatic N) is 1. The Balaban J connectivity index is 1.90. The molecule has 3 rings (SSSR count). The third-order valence-electron chi connectivity index (χ3n) is 3.96. The molecule has 1 aromatic carbocycles. The predicted octanol–water partition coefficient (Wildman–Crippen LogP) is 2.97. The van der Waals surface area contributed by atoms with Gasteiger partial charge in [-0.1, -0.05) is 26.0 Å². The van der Waals surface area contributed by atoms with E-state index in [1.54, 1.807) is 0 Å². The lowest BCUT2D eigenvalue weighted by Gasteiger charge is -2.36. The molecule has 2 atom stereocenters. The van der Waals surface area contributed by atoms with Crippen LogP contribution in [0.3, 0.4) is 0 Å². The van der Waals surface area contributed by atoms with Crippen molar-refractivity contribution in [2.24, 2.45) is 16.4 Å². The highest BCUT2D eigenvalue weighted by Crippen LogP contribution is 2.39. The molecule has 3 nitrogen and oxygen atoms in total. The van der Waals surface area contributed by atoms with E-state index in [1.807, 2.05) is 0 Å². The quantitative estimate of drug-likeness (QED) is 0.775. The molecular formula is C15H17IN2O. The zero-order valence-electron chi connectivity index (χ0n) is 11.1. The number of hydrogen-bond donors (Lipinski definition) is 1. The molecule has 1 saturated carbocycles. The number of nitrogens with one attached hydrogen (secondary N) is 1. The Bertz CT molecular complexity index is 548. The first kappa shape index (κ1) is 13.1. The van der Waals surface area contributed by atoms with E-state index in [1.165, 1.54) is 3.57 Å². The van der Waals surface area contributed by atoms with E-state index in [0.29, 0.717) is 12.2 Å². The lowest BCUT2D eigenvalue weighted by molar-refractivity contribution is -0.126. The van der Waals surface area contributed by atoms with Crippen LogP contribution in [-0.2, 0) is 4.79 Å². The van der Waals surface area contributed by atoms with Crippen molar-refractivity contribution in [1.82, 2.24) is 5.43 Å². The van der Waals surface area contributed by atoms with E-state index in [2.05, 4.69) is 71.2 Å². The molecule has 1 N–H and O–H groups in total. The number of Topliss-reactive ketones (excluding diaryl/α,β-unsaturated/α-hetero) is 1. The smallest absolute Gasteiger partial charge is 0.144 e. The largest absolute Gasteiger partial charge is 0.306 e. The Morgan fingerprint density at radius 2 is 2.00 bits per heavy atom. The monoisotopic (exact) mass is 368 g/mol. The molecule has 1 heterocycles. The van der Waals surface area contributed by atoms with Crippen LogP contribution in [0.2, 0.25) is 0 Å². The Kier molecular flexibility index (Phi) is 3.15. The fourth-order valence-electron chi connectivity index (χ4n) is 3.14. The van der Waals surface area contributed by atoms with Gasteiger partial charge in [0.25, 0.3) is 0 Å². The summed E-state index contributed by atoms with van der Waals surface area (Å²) in [7, 11) is 0. The molecule has 19 heavy (non-hydrogen) atoms. The molecule has 1 aromatic rings. The van der Waals surface area contributed by atoms with Gasteiger partial charge in [0.15, 0.2) is 0 Å². The fraction of sp³-hybridized carbons (Fsp3) is 0.467. The number of hydrazone groups is 1. The van der Waals surface area contributed by atoms with Gasteiger partial charge in [0, 0.05) is 9.99 Å². The van der Waals surface area contributed by atoms with E-state index in [9.17, 15) is 4.79 Å². The highest BCUT2D eigenvalue weighted by molar-refractivity contribution is 14.1. The Labute approximate surface area is 127 Å². The standard InChI is InChI=1S/C15H17IN2O/c1-15(2)7-11-13(12(19)8-15)14(18-17-11)9-3-5-10(16)6-4-9/h3-6,11,13,17H,7-8H2,1-2H3. The lowest BCUT2D eigenvalue weighted by atomic mass is 9.68. The average molecular weight is 368 g/mol. The van der Waals surface area contributed by atoms with Crippen LogP contribution in [0.4, 0.5) is 0 Å². The molecule has 0 amide bonds. The second kappa shape index (κ2) is 4.58. The number of carbonyl (C=O) groups is 1. The third kappa shape index (κ3) is 2.42. The lowest BCUT2D eigenvalue weighted by Crippen LogP contribution is -2.45. The van der Waals surface area contributed by atoms with Crippen molar-refractivity contribution in [2.75, 3.05) is 0 Å². The van der Waals surface area contributed by atoms with Crippen LogP contribution in [0.1, 0.15) is 32.3 Å². The molecule has 0 aromatic heterocycles. The SMILES string of the molecule is CC1(C)CC(=O)C2C(c3ccc(I)cc3)=NNC2C1. The van der Waals surface area contributed by atoms with Gasteiger partial charge >= 0.3 is 0 Å². The second-order valence-electron chi connectivity index (χ2n) is 6.23. The molecule has 1 aliphatic heterocycles. The molecule has 1 fully saturated rings. The summed E-state index contributed by atoms with van der Waals surface area (Å²) in [6, 6.07) is 8.40. The summed E-state index contributed by atoms with van der Waals surface area (Å²) < 4.78 is 1.19. The summed E-state index contributed by atoms with van der Waals surface area (Å²) in [5, 5.41) is 4.44. The average Bonchev–Trinajstić information content (AvgIpc) is 2.72. The van der Waals surface area contributed by atoms with E-state index in [0.717, 1.165) is 17.7 Å². The Morgan fingerprint density at radius 3 is 2.68 bits per heavy atom. The van der Waals surface area contributed by atoms with Crippen molar-refractivity contribution in [3.05, 3.63) is 33.4 Å². The number of fused-ring (bicyclic) bond motifs is 1. The fourth-order valence-corrected chi connectivity index (χ4v) is 3.50. The Hall–Kier alpha value is -0.910. The molecule has 0 spiro atoms. The zero-order chi connectivity index (χ0) is 13.6. The summed E-state index contributed by atoms with van der Waals surface area (Å²) in [5.74, 6) is 0.261. The van der Waals surface area contributed by atoms with E-state index in [-0.39, 0.29) is 17.4 Å². The third-order valence-corrected chi connectivity index (χ3v) is 4.68. The minimum absolute atomic E-state index is 0.0620. The van der Waals surface area contributed by atoms with Gasteiger partial charge < -0.3 is 5.43 Å². The maximum Gasteiger partial charge on any atom is 0.144 e. The van der Waals surface area contributed by atoms with Crippen molar-refractivity contribution in [3.63, 3.8) is 0 Å². The van der Waals surface area contributed by atoms with E-state index >= 15 is 0 Å². The van der Waals surface area contributed by atoms with Crippen molar-refractivity contribution in [1.29, 1.82) is 0 Å². The first-order chi connectivity index (χ1) is 8.96. The number of ketones is 1. The van der Waals surface area contributed by atoms with Crippen molar-refractivity contribution < 1.29 is 4.79 Å². The molecular weight excluding hydrogens is 351 g/mol. The van der Waals surface area contributed by atoms with Gasteiger partial charge in [0.1, 0.15) is 5.78 Å². The van der Waals surface area contributed by atoms with E-state index in [4.69, 9.17) is 0 Å². The molecule has 2 aliphatic rings. The molecule has 100 valence electrons. The van der Waals surface area contributed by atoms with Crippen LogP contribution in [0.25, 0.3) is 0 Å². The summed E-state index contributed by atoms with van der Waals surface area (Å²) in [6.07, 6.45) is 1.65. The highest BCUT2D eigenvalue weighted by atomic mass is 127. The molecule has 4 heteroatoms. The normalized spacial score (nSPS) is 28.6. The maximum atomic E-state index is 12.4. The van der Waals surface area contributed by atoms with Crippen LogP contribution in [0, 0.1) is 14.9 Å². The molecule has 0 saturated heterocycles. The van der Waals surface area contributed by atoms with Crippen molar-refractivity contribution in [3.8, 4) is 0 Å². The van der Waals surface area contributed by atoms with Gasteiger partial charge in [-0.2, -0.15) is 5.10 Å². The first-order valence-electron chi connectivity index (χ1n) is 6.58. The number of halogens is 1. The minimum Gasteiger partial charge on any atom is -0.306 e. The predicted molar refractivity (Wildman–Crippen MR) is 84.1 cm³/mol. The van der Waals surface area contributed by atoms with Gasteiger partial charge in [0.05, 0.1) is 17.7 Å². The number of carbonyl (C=O) groups excluding carboxylic acids is 1. The van der Waals surface area contributed by atoms with Crippen LogP contribution in [-0.4, -0.2) is 17.5 Å². The van der Waals surface area contributed by atoms with Crippen LogP contribution >= 0.6 is 22.6 Å². The number of benzene rings is 1. The zero-order valence-corrected chi connectivity index (χ0v) is 13.3. The minimum atomic E-state index is -0.0620. The van der Waals surface area contributed by atoms with Crippen LogP contribution in [0.15, 0.2) is 29.4 Å². The van der Waals surface area contributed by atoms with Crippen LogP contribution in [0.5, 0.6) is 0 Å². The molecule has 0 bridgehead atoms. The van der Waals surface area contributed by atoms with Crippen molar-refractivity contribution >= 4 is 34.1 Å². The number of hydrogen-bond acceptors (Lipinski definition) is 3. The van der Waals surface area contributed by atoms with Gasteiger partial charge in [-0.3, -0.25) is 4.79 Å². The van der Waals surface area contributed by atoms with Gasteiger partial charge in [-0.05, 0) is 52.1 Å². The molecule has 0 radical (unpaired) electrons. The Morgan fingerprint density at radius 1 is 1.32 bits per heavy atom. The molecule has 2 unspecified atom stereocenters. The number of rotatable bonds is 1. The summed E-state index contributed by atoms with van der Waals surface area (Å²) in [5.41, 5.74) is 5.24. The molecule has 1 aliphatic carbocycles. The second-order valence-corrected chi connectivity index (χ2v) is 7.47. The summed E-state index contributed by atoms with van der Waals surface area (Å²) >= 11 is 2.28. The maximum absolute atomic E-state index is 12.4. The van der Waals surface area contributed by atoms with Gasteiger partial charge in [0.2, 0.25) is 0 Å².